The van der Waals surface area contributed by atoms with Crippen molar-refractivity contribution in [1.29, 1.82) is 0 Å². The Morgan fingerprint density at radius 2 is 1.69 bits per heavy atom. The highest BCUT2D eigenvalue weighted by Gasteiger charge is 2.32. The summed E-state index contributed by atoms with van der Waals surface area (Å²) in [6, 6.07) is 9.92. The highest BCUT2D eigenvalue weighted by atomic mass is 32.2. The number of hydrogen-bond donors (Lipinski definition) is 2. The molecule has 204 valence electrons. The zero-order valence-corrected chi connectivity index (χ0v) is 22.1. The summed E-state index contributed by atoms with van der Waals surface area (Å²) in [4.78, 5) is 30.8. The Hall–Kier alpha value is -4.65. The number of sulfone groups is 1. The van der Waals surface area contributed by atoms with Crippen LogP contribution in [0.1, 0.15) is 36.1 Å². The highest BCUT2D eigenvalue weighted by molar-refractivity contribution is 7.91. The summed E-state index contributed by atoms with van der Waals surface area (Å²) < 4.78 is 44.5. The molecule has 0 fully saturated rings. The van der Waals surface area contributed by atoms with Crippen LogP contribution >= 0.6 is 0 Å². The summed E-state index contributed by atoms with van der Waals surface area (Å²) in [5, 5.41) is 20.4. The second-order valence-electron chi connectivity index (χ2n) is 8.31. The van der Waals surface area contributed by atoms with Crippen LogP contribution in [0.3, 0.4) is 0 Å². The Morgan fingerprint density at radius 3 is 2.23 bits per heavy atom. The van der Waals surface area contributed by atoms with Gasteiger partial charge in [-0.3, -0.25) is 9.36 Å². The number of rotatable bonds is 10. The lowest BCUT2D eigenvalue weighted by molar-refractivity contribution is 0.0690. The third kappa shape index (κ3) is 5.08. The molecule has 2 N–H and O–H groups in total. The van der Waals surface area contributed by atoms with Crippen LogP contribution in [0.15, 0.2) is 67.7 Å². The van der Waals surface area contributed by atoms with Crippen LogP contribution in [0.5, 0.6) is 17.4 Å². The summed E-state index contributed by atoms with van der Waals surface area (Å²) >= 11 is 0. The number of unbranched alkanes of at least 4 members (excludes halogenated alkanes) is 1. The molecule has 2 aromatic carbocycles. The molecule has 0 atom stereocenters. The first-order valence-electron chi connectivity index (χ1n) is 11.7. The van der Waals surface area contributed by atoms with Gasteiger partial charge in [-0.05, 0) is 42.8 Å². The lowest BCUT2D eigenvalue weighted by Crippen LogP contribution is -2.25. The molecule has 13 heteroatoms. The summed E-state index contributed by atoms with van der Waals surface area (Å²) in [5.41, 5.74) is -0.946. The van der Waals surface area contributed by atoms with Gasteiger partial charge in [0.05, 0.1) is 19.1 Å². The summed E-state index contributed by atoms with van der Waals surface area (Å²) in [7, 11) is -1.77. The fourth-order valence-electron chi connectivity index (χ4n) is 3.96. The standard InChI is InChI=1S/C26H25N3O9S/c1-4-5-9-20-28-23(30)22(25(31)29(20)21-18(36-2)7-6-8-19(21)37-3)39(34,35)16-12-10-15(11-13-16)24-27-17(14-38-24)26(32)33/h6-8,10-14,31H,4-5,9H2,1-3H3,(H,32,33). The minimum absolute atomic E-state index is 0.0354. The van der Waals surface area contributed by atoms with Gasteiger partial charge in [0.2, 0.25) is 21.6 Å². The quantitative estimate of drug-likeness (QED) is 0.293. The van der Waals surface area contributed by atoms with Gasteiger partial charge in [0.25, 0.3) is 5.56 Å². The molecule has 12 nitrogen and oxygen atoms in total. The van der Waals surface area contributed by atoms with Crippen LogP contribution in [-0.4, -0.2) is 53.4 Å². The van der Waals surface area contributed by atoms with Crippen molar-refractivity contribution in [1.82, 2.24) is 14.5 Å². The number of aromatic hydroxyl groups is 1. The van der Waals surface area contributed by atoms with Crippen molar-refractivity contribution < 1.29 is 37.3 Å². The molecule has 39 heavy (non-hydrogen) atoms. The summed E-state index contributed by atoms with van der Waals surface area (Å²) in [5.74, 6) is -1.51. The molecule has 0 aliphatic rings. The van der Waals surface area contributed by atoms with Gasteiger partial charge in [-0.2, -0.15) is 4.98 Å². The molecule has 0 saturated carbocycles. The SMILES string of the molecule is CCCCc1nc(=O)c(S(=O)(=O)c2ccc(-c3nc(C(=O)O)co3)cc2)c(O)n1-c1c(OC)cccc1OC. The number of aromatic carboxylic acids is 1. The first-order valence-corrected chi connectivity index (χ1v) is 13.2. The number of methoxy groups -OCH3 is 2. The predicted octanol–water partition coefficient (Wildman–Crippen LogP) is 3.48. The Morgan fingerprint density at radius 1 is 1.05 bits per heavy atom. The largest absolute Gasteiger partial charge is 0.494 e. The molecule has 0 bridgehead atoms. The fourth-order valence-corrected chi connectivity index (χ4v) is 5.30. The van der Waals surface area contributed by atoms with Gasteiger partial charge in [-0.1, -0.05) is 19.4 Å². The lowest BCUT2D eigenvalue weighted by Gasteiger charge is -2.21. The number of hydrogen-bond acceptors (Lipinski definition) is 10. The van der Waals surface area contributed by atoms with Crippen molar-refractivity contribution in [3.8, 4) is 34.5 Å². The van der Waals surface area contributed by atoms with E-state index in [9.17, 15) is 23.1 Å². The molecule has 0 aliphatic heterocycles. The summed E-state index contributed by atoms with van der Waals surface area (Å²) in [6.45, 7) is 1.94. The maximum absolute atomic E-state index is 13.6. The molecule has 0 unspecified atom stereocenters. The van der Waals surface area contributed by atoms with E-state index in [0.29, 0.717) is 12.0 Å². The van der Waals surface area contributed by atoms with E-state index in [1.807, 2.05) is 6.92 Å². The van der Waals surface area contributed by atoms with Gasteiger partial charge in [0.15, 0.2) is 10.6 Å². The first-order chi connectivity index (χ1) is 18.6. The minimum Gasteiger partial charge on any atom is -0.494 e. The summed E-state index contributed by atoms with van der Waals surface area (Å²) in [6.07, 6.45) is 2.59. The molecule has 0 saturated heterocycles. The molecule has 0 radical (unpaired) electrons. The van der Waals surface area contributed by atoms with Crippen LogP contribution in [-0.2, 0) is 16.3 Å². The Kier molecular flexibility index (Phi) is 7.72. The Bertz CT molecular complexity index is 1670. The number of para-hydroxylation sites is 1. The van der Waals surface area contributed by atoms with E-state index in [0.717, 1.165) is 17.3 Å². The van der Waals surface area contributed by atoms with Crippen LogP contribution in [0.4, 0.5) is 0 Å². The molecule has 2 aromatic heterocycles. The second-order valence-corrected chi connectivity index (χ2v) is 10.2. The van der Waals surface area contributed by atoms with E-state index in [4.69, 9.17) is 19.0 Å². The molecule has 0 aliphatic carbocycles. The van der Waals surface area contributed by atoms with Crippen molar-refractivity contribution in [2.75, 3.05) is 14.2 Å². The average Bonchev–Trinajstić information content (AvgIpc) is 3.42. The zero-order valence-electron chi connectivity index (χ0n) is 21.2. The monoisotopic (exact) mass is 555 g/mol. The Balaban J connectivity index is 1.90. The number of carboxylic acids is 1. The molecular weight excluding hydrogens is 530 g/mol. The molecule has 0 spiro atoms. The molecular formula is C26H25N3O9S. The van der Waals surface area contributed by atoms with Gasteiger partial charge in [-0.25, -0.2) is 18.2 Å². The second kappa shape index (κ2) is 11.0. The van der Waals surface area contributed by atoms with E-state index in [1.165, 1.54) is 38.5 Å². The molecule has 2 heterocycles. The van der Waals surface area contributed by atoms with Crippen LogP contribution in [0.25, 0.3) is 17.1 Å². The third-order valence-electron chi connectivity index (χ3n) is 5.88. The smallest absolute Gasteiger partial charge is 0.357 e. The Labute approximate surface area is 223 Å². The van der Waals surface area contributed by atoms with Crippen LogP contribution < -0.4 is 15.0 Å². The van der Waals surface area contributed by atoms with E-state index in [1.54, 1.807) is 18.2 Å². The zero-order chi connectivity index (χ0) is 28.3. The van der Waals surface area contributed by atoms with E-state index >= 15 is 0 Å². The van der Waals surface area contributed by atoms with Crippen LogP contribution in [0, 0.1) is 0 Å². The minimum atomic E-state index is -4.59. The number of nitrogens with zero attached hydrogens (tertiary/aromatic N) is 3. The number of benzene rings is 2. The topological polar surface area (TPSA) is 171 Å². The number of oxazole rings is 1. The highest BCUT2D eigenvalue weighted by Crippen LogP contribution is 2.38. The number of aromatic nitrogens is 3. The van der Waals surface area contributed by atoms with Crippen molar-refractivity contribution in [3.63, 3.8) is 0 Å². The van der Waals surface area contributed by atoms with Gasteiger partial charge in [0, 0.05) is 12.0 Å². The first kappa shape index (κ1) is 27.4. The van der Waals surface area contributed by atoms with Gasteiger partial charge in [0.1, 0.15) is 29.3 Å². The third-order valence-corrected chi connectivity index (χ3v) is 7.67. The number of ether oxygens (including phenoxy) is 2. The molecule has 0 amide bonds. The maximum atomic E-state index is 13.6. The van der Waals surface area contributed by atoms with E-state index in [-0.39, 0.29) is 45.9 Å². The van der Waals surface area contributed by atoms with E-state index < -0.39 is 32.1 Å². The van der Waals surface area contributed by atoms with Crippen molar-refractivity contribution in [2.24, 2.45) is 0 Å². The predicted molar refractivity (Wildman–Crippen MR) is 138 cm³/mol. The number of aryl methyl sites for hydroxylation is 1. The van der Waals surface area contributed by atoms with Crippen molar-refractivity contribution in [3.05, 3.63) is 70.6 Å². The molecule has 4 aromatic rings. The fraction of sp³-hybridized carbons (Fsp3) is 0.231. The van der Waals surface area contributed by atoms with Crippen LogP contribution in [0.2, 0.25) is 0 Å². The lowest BCUT2D eigenvalue weighted by atomic mass is 10.2. The van der Waals surface area contributed by atoms with Gasteiger partial charge < -0.3 is 24.1 Å². The van der Waals surface area contributed by atoms with Crippen molar-refractivity contribution in [2.45, 2.75) is 36.0 Å². The average molecular weight is 556 g/mol. The maximum Gasteiger partial charge on any atom is 0.357 e. The normalized spacial score (nSPS) is 11.4. The van der Waals surface area contributed by atoms with Gasteiger partial charge in [-0.15, -0.1) is 0 Å². The van der Waals surface area contributed by atoms with Gasteiger partial charge >= 0.3 is 5.97 Å². The number of carbonyl (C=O) groups is 1. The van der Waals surface area contributed by atoms with Crippen molar-refractivity contribution >= 4 is 15.8 Å². The van der Waals surface area contributed by atoms with E-state index in [2.05, 4.69) is 9.97 Å². The molecule has 4 rings (SSSR count). The number of carboxylic acid groups (broad SMARTS) is 1.